The molecule has 2 aromatic heterocycles. The number of aromatic carboxylic acids is 1. The topological polar surface area (TPSA) is 99.4 Å². The number of fused-ring (bicyclic) bond motifs is 1. The molecule has 4 rings (SSSR count). The Hall–Kier alpha value is -3.30. The van der Waals surface area contributed by atoms with Crippen molar-refractivity contribution >= 4 is 28.7 Å². The first kappa shape index (κ1) is 20.0. The van der Waals surface area contributed by atoms with Crippen molar-refractivity contribution in [3.63, 3.8) is 0 Å². The highest BCUT2D eigenvalue weighted by Crippen LogP contribution is 2.35. The Morgan fingerprint density at radius 2 is 1.90 bits per heavy atom. The monoisotopic (exact) mass is 421 g/mol. The predicted molar refractivity (Wildman–Crippen MR) is 101 cm³/mol. The van der Waals surface area contributed by atoms with Gasteiger partial charge < -0.3 is 19.4 Å². The summed E-state index contributed by atoms with van der Waals surface area (Å²) in [6.45, 7) is 1.06. The van der Waals surface area contributed by atoms with Gasteiger partial charge in [-0.05, 0) is 43.0 Å². The van der Waals surface area contributed by atoms with E-state index in [0.717, 1.165) is 19.3 Å². The fraction of sp³-hybridized carbons (Fsp3) is 0.350. The number of ketones is 1. The summed E-state index contributed by atoms with van der Waals surface area (Å²) in [6, 6.07) is 5.91. The van der Waals surface area contributed by atoms with E-state index in [9.17, 15) is 22.8 Å². The number of carbonyl (C=O) groups is 2. The molecule has 0 radical (unpaired) electrons. The summed E-state index contributed by atoms with van der Waals surface area (Å²) < 4.78 is 45.7. The fourth-order valence-corrected chi connectivity index (χ4v) is 3.58. The third kappa shape index (κ3) is 3.89. The molecule has 10 heteroatoms. The number of piperidine rings is 1. The van der Waals surface area contributed by atoms with Crippen molar-refractivity contribution in [3.8, 4) is 0 Å². The van der Waals surface area contributed by atoms with Crippen LogP contribution in [0.25, 0.3) is 10.9 Å². The van der Waals surface area contributed by atoms with E-state index >= 15 is 0 Å². The minimum Gasteiger partial charge on any atom is -0.477 e. The van der Waals surface area contributed by atoms with Crippen LogP contribution in [0.4, 0.5) is 19.2 Å². The average molecular weight is 421 g/mol. The number of anilines is 1. The molecule has 3 heterocycles. The van der Waals surface area contributed by atoms with Crippen molar-refractivity contribution in [2.75, 3.05) is 18.0 Å². The van der Waals surface area contributed by atoms with Gasteiger partial charge in [0.1, 0.15) is 5.69 Å². The van der Waals surface area contributed by atoms with Gasteiger partial charge in [-0.1, -0.05) is 6.07 Å². The number of halogens is 3. The molecule has 1 aliphatic rings. The molecule has 2 N–H and O–H groups in total. The normalized spacial score (nSPS) is 15.0. The number of carboxylic acids is 1. The van der Waals surface area contributed by atoms with Crippen molar-refractivity contribution in [1.82, 2.24) is 9.97 Å². The summed E-state index contributed by atoms with van der Waals surface area (Å²) in [4.78, 5) is 31.7. The number of benzene rings is 1. The Morgan fingerprint density at radius 1 is 1.17 bits per heavy atom. The van der Waals surface area contributed by atoms with Crippen LogP contribution in [0.15, 0.2) is 28.7 Å². The van der Waals surface area contributed by atoms with Crippen molar-refractivity contribution in [2.24, 2.45) is 0 Å². The molecule has 1 aliphatic heterocycles. The molecule has 0 amide bonds. The van der Waals surface area contributed by atoms with E-state index in [2.05, 4.69) is 9.97 Å². The molecule has 0 aliphatic carbocycles. The van der Waals surface area contributed by atoms with Crippen molar-refractivity contribution < 1.29 is 32.3 Å². The molecule has 1 fully saturated rings. The van der Waals surface area contributed by atoms with Gasteiger partial charge in [0.25, 0.3) is 6.01 Å². The quantitative estimate of drug-likeness (QED) is 0.597. The van der Waals surface area contributed by atoms with E-state index in [1.54, 1.807) is 23.1 Å². The van der Waals surface area contributed by atoms with Gasteiger partial charge in [-0.2, -0.15) is 18.2 Å². The first-order valence-corrected chi connectivity index (χ1v) is 9.43. The number of hydrogen-bond donors (Lipinski definition) is 2. The summed E-state index contributed by atoms with van der Waals surface area (Å²) in [5, 5.41) is 9.59. The van der Waals surface area contributed by atoms with E-state index < -0.39 is 29.4 Å². The number of aromatic amines is 1. The van der Waals surface area contributed by atoms with Gasteiger partial charge in [0.05, 0.1) is 0 Å². The SMILES string of the molecule is O=C(O)c1cc2cc(CC(=O)c3oc(N4CCCCC4)nc3C(F)(F)F)ccc2[nH]1. The summed E-state index contributed by atoms with van der Waals surface area (Å²) in [5.41, 5.74) is -0.350. The van der Waals surface area contributed by atoms with Crippen LogP contribution in [-0.2, 0) is 12.6 Å². The number of H-pyrrole nitrogens is 1. The number of rotatable bonds is 5. The van der Waals surface area contributed by atoms with E-state index in [1.807, 2.05) is 0 Å². The first-order chi connectivity index (χ1) is 14.2. The number of hydrogen-bond acceptors (Lipinski definition) is 5. The van der Waals surface area contributed by atoms with Gasteiger partial charge >= 0.3 is 12.1 Å². The standard InChI is InChI=1S/C20H18F3N3O4/c21-20(22,23)17-16(30-19(25-17)26-6-2-1-3-7-26)15(27)9-11-4-5-13-12(8-11)10-14(24-13)18(28)29/h4-5,8,10,24H,1-3,6-7,9H2,(H,28,29). The highest BCUT2D eigenvalue weighted by Gasteiger charge is 2.41. The number of nitrogens with one attached hydrogen (secondary N) is 1. The summed E-state index contributed by atoms with van der Waals surface area (Å²) >= 11 is 0. The van der Waals surface area contributed by atoms with Crippen molar-refractivity contribution in [2.45, 2.75) is 31.9 Å². The number of carboxylic acid groups (broad SMARTS) is 1. The van der Waals surface area contributed by atoms with Gasteiger partial charge in [-0.15, -0.1) is 0 Å². The molecule has 0 bridgehead atoms. The highest BCUT2D eigenvalue weighted by molar-refractivity contribution is 5.98. The van der Waals surface area contributed by atoms with E-state index in [4.69, 9.17) is 9.52 Å². The van der Waals surface area contributed by atoms with E-state index in [0.29, 0.717) is 29.6 Å². The maximum atomic E-state index is 13.5. The second-order valence-electron chi connectivity index (χ2n) is 7.23. The molecule has 0 spiro atoms. The summed E-state index contributed by atoms with van der Waals surface area (Å²) in [5.74, 6) is -2.78. The van der Waals surface area contributed by atoms with E-state index in [1.165, 1.54) is 6.07 Å². The van der Waals surface area contributed by atoms with E-state index in [-0.39, 0.29) is 18.1 Å². The van der Waals surface area contributed by atoms with Crippen LogP contribution >= 0.6 is 0 Å². The van der Waals surface area contributed by atoms with Crippen LogP contribution in [0.3, 0.4) is 0 Å². The van der Waals surface area contributed by atoms with Crippen LogP contribution in [0.1, 0.15) is 51.6 Å². The number of oxazole rings is 1. The third-order valence-electron chi connectivity index (χ3n) is 5.04. The third-order valence-corrected chi connectivity index (χ3v) is 5.04. The zero-order valence-corrected chi connectivity index (χ0v) is 15.8. The van der Waals surface area contributed by atoms with Crippen LogP contribution < -0.4 is 4.90 Å². The summed E-state index contributed by atoms with van der Waals surface area (Å²) in [7, 11) is 0. The van der Waals surface area contributed by atoms with Crippen LogP contribution in [0.2, 0.25) is 0 Å². The highest BCUT2D eigenvalue weighted by atomic mass is 19.4. The smallest absolute Gasteiger partial charge is 0.437 e. The van der Waals surface area contributed by atoms with Crippen LogP contribution in [0, 0.1) is 0 Å². The molecule has 0 unspecified atom stereocenters. The zero-order valence-electron chi connectivity index (χ0n) is 15.8. The lowest BCUT2D eigenvalue weighted by Gasteiger charge is -2.24. The Balaban J connectivity index is 1.62. The number of nitrogens with zero attached hydrogens (tertiary/aromatic N) is 2. The number of alkyl halides is 3. The lowest BCUT2D eigenvalue weighted by Crippen LogP contribution is -2.29. The largest absolute Gasteiger partial charge is 0.477 e. The Morgan fingerprint density at radius 3 is 2.57 bits per heavy atom. The first-order valence-electron chi connectivity index (χ1n) is 9.43. The fourth-order valence-electron chi connectivity index (χ4n) is 3.58. The minimum atomic E-state index is -4.82. The molecule has 0 atom stereocenters. The Kier molecular flexibility index (Phi) is 5.00. The Labute approximate surface area is 168 Å². The van der Waals surface area contributed by atoms with Crippen molar-refractivity contribution in [1.29, 1.82) is 0 Å². The maximum Gasteiger partial charge on any atom is 0.437 e. The minimum absolute atomic E-state index is 0.0192. The van der Waals surface area contributed by atoms with Gasteiger partial charge in [0, 0.05) is 30.4 Å². The number of Topliss-reactive ketones (excluding diaryl/α,β-unsaturated/α-hetero) is 1. The Bertz CT molecular complexity index is 1110. The molecule has 7 nitrogen and oxygen atoms in total. The molecule has 3 aromatic rings. The van der Waals surface area contributed by atoms with Gasteiger partial charge in [0.2, 0.25) is 11.5 Å². The second-order valence-corrected chi connectivity index (χ2v) is 7.23. The predicted octanol–water partition coefficient (Wildman–Crippen LogP) is 4.29. The lowest BCUT2D eigenvalue weighted by atomic mass is 10.0. The molecule has 0 saturated carbocycles. The van der Waals surface area contributed by atoms with Crippen LogP contribution in [0.5, 0.6) is 0 Å². The van der Waals surface area contributed by atoms with Gasteiger partial charge in [-0.3, -0.25) is 4.79 Å². The van der Waals surface area contributed by atoms with Gasteiger partial charge in [-0.25, -0.2) is 4.79 Å². The molecule has 30 heavy (non-hydrogen) atoms. The van der Waals surface area contributed by atoms with Crippen molar-refractivity contribution in [3.05, 3.63) is 47.0 Å². The average Bonchev–Trinajstić information content (AvgIpc) is 3.33. The van der Waals surface area contributed by atoms with Gasteiger partial charge in [0.15, 0.2) is 5.69 Å². The molecular formula is C20H18F3N3O4. The number of carbonyl (C=O) groups excluding carboxylic acids is 1. The zero-order chi connectivity index (χ0) is 21.5. The molecule has 158 valence electrons. The molecule has 1 aromatic carbocycles. The molecular weight excluding hydrogens is 403 g/mol. The molecule has 1 saturated heterocycles. The summed E-state index contributed by atoms with van der Waals surface area (Å²) in [6.07, 6.45) is -2.52. The second kappa shape index (κ2) is 7.51. The van der Waals surface area contributed by atoms with Crippen LogP contribution in [-0.4, -0.2) is 39.9 Å². The lowest BCUT2D eigenvalue weighted by molar-refractivity contribution is -0.141. The maximum absolute atomic E-state index is 13.5. The number of aromatic nitrogens is 2.